The van der Waals surface area contributed by atoms with Crippen molar-refractivity contribution in [2.75, 3.05) is 48.9 Å². The number of ether oxygens (including phenoxy) is 1. The zero-order valence-corrected chi connectivity index (χ0v) is 18.9. The van der Waals surface area contributed by atoms with E-state index < -0.39 is 0 Å². The number of fused-ring (bicyclic) bond motifs is 2. The molecule has 5 heterocycles. The van der Waals surface area contributed by atoms with Crippen molar-refractivity contribution in [2.24, 2.45) is 11.8 Å². The van der Waals surface area contributed by atoms with E-state index in [2.05, 4.69) is 47.6 Å². The lowest BCUT2D eigenvalue weighted by Gasteiger charge is -2.27. The van der Waals surface area contributed by atoms with Crippen LogP contribution in [0.3, 0.4) is 0 Å². The molecule has 4 aromatic rings. The van der Waals surface area contributed by atoms with Crippen LogP contribution in [0.15, 0.2) is 28.9 Å². The second kappa shape index (κ2) is 8.17. The second-order valence-corrected chi connectivity index (χ2v) is 8.70. The van der Waals surface area contributed by atoms with E-state index in [4.69, 9.17) is 9.15 Å². The van der Waals surface area contributed by atoms with Gasteiger partial charge < -0.3 is 24.7 Å². The maximum absolute atomic E-state index is 12.4. The molecule has 1 amide bonds. The normalized spacial score (nSPS) is 20.0. The number of oxazole rings is 1. The fourth-order valence-corrected chi connectivity index (χ4v) is 4.25. The monoisotopic (exact) mass is 460 g/mol. The van der Waals surface area contributed by atoms with Crippen LogP contribution in [0.1, 0.15) is 13.3 Å². The summed E-state index contributed by atoms with van der Waals surface area (Å²) in [5.74, 6) is 2.60. The molecule has 11 heteroatoms. The van der Waals surface area contributed by atoms with E-state index in [1.54, 1.807) is 25.5 Å². The van der Waals surface area contributed by atoms with E-state index in [-0.39, 0.29) is 11.8 Å². The lowest BCUT2D eigenvalue weighted by molar-refractivity contribution is -0.117. The maximum Gasteiger partial charge on any atom is 0.229 e. The van der Waals surface area contributed by atoms with Crippen LogP contribution in [0.5, 0.6) is 0 Å². The van der Waals surface area contributed by atoms with Gasteiger partial charge in [-0.05, 0) is 18.4 Å². The molecule has 2 fully saturated rings. The van der Waals surface area contributed by atoms with Crippen molar-refractivity contribution in [3.63, 3.8) is 0 Å². The average Bonchev–Trinajstić information content (AvgIpc) is 3.45. The second-order valence-electron chi connectivity index (χ2n) is 8.70. The molecule has 0 spiro atoms. The van der Waals surface area contributed by atoms with Gasteiger partial charge in [-0.1, -0.05) is 6.92 Å². The van der Waals surface area contributed by atoms with Gasteiger partial charge in [-0.2, -0.15) is 0 Å². The zero-order valence-electron chi connectivity index (χ0n) is 18.9. The molecule has 11 nitrogen and oxygen atoms in total. The van der Waals surface area contributed by atoms with Gasteiger partial charge in [0.25, 0.3) is 0 Å². The van der Waals surface area contributed by atoms with Crippen LogP contribution < -0.4 is 15.5 Å². The molecule has 1 saturated carbocycles. The van der Waals surface area contributed by atoms with Crippen molar-refractivity contribution in [2.45, 2.75) is 13.3 Å². The van der Waals surface area contributed by atoms with E-state index in [9.17, 15) is 4.79 Å². The summed E-state index contributed by atoms with van der Waals surface area (Å²) in [5.41, 5.74) is 2.50. The molecule has 2 aliphatic rings. The number of rotatable bonds is 5. The Morgan fingerprint density at radius 1 is 1.15 bits per heavy atom. The average molecular weight is 460 g/mol. The number of amides is 1. The van der Waals surface area contributed by atoms with Gasteiger partial charge in [-0.3, -0.25) is 4.79 Å². The van der Waals surface area contributed by atoms with Gasteiger partial charge in [0, 0.05) is 43.7 Å². The molecular weight excluding hydrogens is 436 g/mol. The maximum atomic E-state index is 12.4. The first-order valence-corrected chi connectivity index (χ1v) is 11.4. The summed E-state index contributed by atoms with van der Waals surface area (Å²) in [5, 5.41) is 15.2. The summed E-state index contributed by atoms with van der Waals surface area (Å²) < 4.78 is 11.6. The highest BCUT2D eigenvalue weighted by molar-refractivity contribution is 6.01. The third-order valence-corrected chi connectivity index (χ3v) is 6.39. The fourth-order valence-electron chi connectivity index (χ4n) is 4.25. The molecule has 2 atom stereocenters. The van der Waals surface area contributed by atoms with Crippen molar-refractivity contribution < 1.29 is 13.9 Å². The number of pyridine rings is 2. The number of nitrogens with one attached hydrogen (secondary N) is 2. The smallest absolute Gasteiger partial charge is 0.229 e. The summed E-state index contributed by atoms with van der Waals surface area (Å²) in [7, 11) is 1.77. The van der Waals surface area contributed by atoms with E-state index in [0.717, 1.165) is 30.7 Å². The minimum atomic E-state index is -0.0332. The van der Waals surface area contributed by atoms with Crippen molar-refractivity contribution in [1.29, 1.82) is 0 Å². The first kappa shape index (κ1) is 20.7. The number of hydrogen-bond acceptors (Lipinski definition) is 10. The van der Waals surface area contributed by atoms with Gasteiger partial charge in [0.2, 0.25) is 11.8 Å². The molecule has 1 aliphatic heterocycles. The molecule has 34 heavy (non-hydrogen) atoms. The zero-order chi connectivity index (χ0) is 23.2. The van der Waals surface area contributed by atoms with Gasteiger partial charge in [0.05, 0.1) is 25.0 Å². The minimum absolute atomic E-state index is 0.0332. The molecule has 0 bridgehead atoms. The summed E-state index contributed by atoms with van der Waals surface area (Å²) >= 11 is 0. The highest BCUT2D eigenvalue weighted by Crippen LogP contribution is 2.39. The summed E-state index contributed by atoms with van der Waals surface area (Å²) in [4.78, 5) is 28.3. The highest BCUT2D eigenvalue weighted by atomic mass is 16.5. The lowest BCUT2D eigenvalue weighted by Crippen LogP contribution is -2.36. The Kier molecular flexibility index (Phi) is 4.98. The molecular formula is C23H24N8O3. The molecule has 1 saturated heterocycles. The van der Waals surface area contributed by atoms with Crippen LogP contribution in [0.25, 0.3) is 33.5 Å². The number of morpholine rings is 1. The SMILES string of the molecule is CNc1ncc(-c2nc3cnc(N4CCOCC4)cc3o2)c2cc(NC(=O)[C@H]3C[C@H]3C)nnc12. The van der Waals surface area contributed by atoms with E-state index >= 15 is 0 Å². The van der Waals surface area contributed by atoms with E-state index in [0.29, 0.717) is 58.8 Å². The summed E-state index contributed by atoms with van der Waals surface area (Å²) in [6, 6.07) is 3.69. The van der Waals surface area contributed by atoms with Crippen molar-refractivity contribution >= 4 is 45.4 Å². The standard InChI is InChI=1S/C23H24N8O3/c1-12-7-13(12)22(32)28-18-8-14-15(10-26-21(24-2)20(14)30-29-18)23-27-16-11-25-19(9-17(16)34-23)31-3-5-33-6-4-31/h8-13H,3-7H2,1-2H3,(H,24,26)(H,28,29,32)/t12-,13+/m1/s1. The molecule has 0 aromatic carbocycles. The molecule has 4 aromatic heterocycles. The Hall–Kier alpha value is -3.86. The Balaban J connectivity index is 1.40. The molecule has 0 unspecified atom stereocenters. The van der Waals surface area contributed by atoms with Gasteiger partial charge in [-0.15, -0.1) is 10.2 Å². The quantitative estimate of drug-likeness (QED) is 0.458. The van der Waals surface area contributed by atoms with E-state index in [1.807, 2.05) is 6.07 Å². The van der Waals surface area contributed by atoms with Crippen LogP contribution >= 0.6 is 0 Å². The minimum Gasteiger partial charge on any atom is -0.436 e. The van der Waals surface area contributed by atoms with Crippen LogP contribution in [0, 0.1) is 11.8 Å². The lowest BCUT2D eigenvalue weighted by atomic mass is 10.1. The number of carbonyl (C=O) groups excluding carboxylic acids is 1. The van der Waals surface area contributed by atoms with Gasteiger partial charge in [-0.25, -0.2) is 15.0 Å². The molecule has 0 radical (unpaired) electrons. The van der Waals surface area contributed by atoms with Crippen molar-refractivity contribution in [3.05, 3.63) is 24.5 Å². The Morgan fingerprint density at radius 2 is 1.97 bits per heavy atom. The molecule has 6 rings (SSSR count). The predicted octanol–water partition coefficient (Wildman–Crippen LogP) is 2.70. The predicted molar refractivity (Wildman–Crippen MR) is 127 cm³/mol. The highest BCUT2D eigenvalue weighted by Gasteiger charge is 2.39. The van der Waals surface area contributed by atoms with Crippen molar-refractivity contribution in [3.8, 4) is 11.5 Å². The number of anilines is 3. The Bertz CT molecular complexity index is 1400. The van der Waals surface area contributed by atoms with Crippen molar-refractivity contribution in [1.82, 2.24) is 25.1 Å². The number of nitrogens with zero attached hydrogens (tertiary/aromatic N) is 6. The van der Waals surface area contributed by atoms with Crippen LogP contribution in [0.2, 0.25) is 0 Å². The Morgan fingerprint density at radius 3 is 2.74 bits per heavy atom. The van der Waals surface area contributed by atoms with Crippen LogP contribution in [-0.4, -0.2) is 64.4 Å². The summed E-state index contributed by atoms with van der Waals surface area (Å²) in [6.45, 7) is 4.98. The van der Waals surface area contributed by atoms with Crippen LogP contribution in [-0.2, 0) is 9.53 Å². The number of hydrogen-bond donors (Lipinski definition) is 2. The largest absolute Gasteiger partial charge is 0.436 e. The van der Waals surface area contributed by atoms with Gasteiger partial charge >= 0.3 is 0 Å². The molecule has 174 valence electrons. The molecule has 2 N–H and O–H groups in total. The van der Waals surface area contributed by atoms with Gasteiger partial charge in [0.15, 0.2) is 17.2 Å². The summed E-state index contributed by atoms with van der Waals surface area (Å²) in [6.07, 6.45) is 4.30. The van der Waals surface area contributed by atoms with Crippen LogP contribution in [0.4, 0.5) is 17.5 Å². The first-order chi connectivity index (χ1) is 16.6. The third-order valence-electron chi connectivity index (χ3n) is 6.39. The molecule has 1 aliphatic carbocycles. The third kappa shape index (κ3) is 3.67. The van der Waals surface area contributed by atoms with E-state index in [1.165, 1.54) is 0 Å². The number of carbonyl (C=O) groups is 1. The first-order valence-electron chi connectivity index (χ1n) is 11.4. The van der Waals surface area contributed by atoms with Gasteiger partial charge in [0.1, 0.15) is 16.9 Å². The Labute approximate surface area is 194 Å². The fraction of sp³-hybridized carbons (Fsp3) is 0.391. The topological polar surface area (TPSA) is 131 Å². The number of aromatic nitrogens is 5.